The Morgan fingerprint density at radius 2 is 1.89 bits per heavy atom. The Morgan fingerprint density at radius 3 is 2.53 bits per heavy atom. The highest BCUT2D eigenvalue weighted by molar-refractivity contribution is 7.90. The molecule has 0 bridgehead atoms. The third kappa shape index (κ3) is 3.32. The molecular formula is C12H17ClN2O3S. The standard InChI is InChI=1S/C12H17ClN2O3S/c1-9-7-10(13)8-11(12(9)16)14-19(17,18)15-5-3-2-4-6-15/h7-8,14,16H,2-6H2,1H3. The van der Waals surface area contributed by atoms with Crippen molar-refractivity contribution in [3.05, 3.63) is 22.7 Å². The SMILES string of the molecule is Cc1cc(Cl)cc(NS(=O)(=O)N2CCCCC2)c1O. The number of rotatable bonds is 3. The maximum absolute atomic E-state index is 12.2. The molecule has 0 atom stereocenters. The summed E-state index contributed by atoms with van der Waals surface area (Å²) in [5, 5.41) is 10.3. The van der Waals surface area contributed by atoms with E-state index in [9.17, 15) is 13.5 Å². The van der Waals surface area contributed by atoms with Gasteiger partial charge in [-0.25, -0.2) is 0 Å². The van der Waals surface area contributed by atoms with Crippen molar-refractivity contribution in [3.8, 4) is 5.75 Å². The van der Waals surface area contributed by atoms with Crippen molar-refractivity contribution in [1.29, 1.82) is 0 Å². The van der Waals surface area contributed by atoms with Gasteiger partial charge in [0.05, 0.1) is 5.69 Å². The number of nitrogens with zero attached hydrogens (tertiary/aromatic N) is 1. The summed E-state index contributed by atoms with van der Waals surface area (Å²) in [4.78, 5) is 0. The first-order chi connectivity index (χ1) is 8.90. The Bertz CT molecular complexity index is 569. The molecule has 5 nitrogen and oxygen atoms in total. The highest BCUT2D eigenvalue weighted by Gasteiger charge is 2.25. The summed E-state index contributed by atoms with van der Waals surface area (Å²) in [5.74, 6) is -0.0926. The van der Waals surface area contributed by atoms with Crippen LogP contribution in [0.2, 0.25) is 5.02 Å². The van der Waals surface area contributed by atoms with Crippen LogP contribution >= 0.6 is 11.6 Å². The number of hydrogen-bond donors (Lipinski definition) is 2. The second-order valence-corrected chi connectivity index (χ2v) is 6.79. The number of phenolic OH excluding ortho intramolecular Hbond substituents is 1. The van der Waals surface area contributed by atoms with E-state index in [0.717, 1.165) is 19.3 Å². The van der Waals surface area contributed by atoms with Gasteiger partial charge in [0.1, 0.15) is 5.75 Å². The van der Waals surface area contributed by atoms with Crippen LogP contribution in [0.25, 0.3) is 0 Å². The molecule has 0 saturated carbocycles. The zero-order valence-corrected chi connectivity index (χ0v) is 12.3. The molecule has 0 aromatic heterocycles. The number of piperidine rings is 1. The number of phenols is 1. The van der Waals surface area contributed by atoms with Crippen LogP contribution in [0.4, 0.5) is 5.69 Å². The molecule has 0 amide bonds. The van der Waals surface area contributed by atoms with Crippen molar-refractivity contribution in [3.63, 3.8) is 0 Å². The fraction of sp³-hybridized carbons (Fsp3) is 0.500. The predicted molar refractivity (Wildman–Crippen MR) is 75.8 cm³/mol. The third-order valence-electron chi connectivity index (χ3n) is 3.16. The van der Waals surface area contributed by atoms with Gasteiger partial charge in [-0.1, -0.05) is 18.0 Å². The van der Waals surface area contributed by atoms with Crippen molar-refractivity contribution in [1.82, 2.24) is 4.31 Å². The molecule has 2 N–H and O–H groups in total. The van der Waals surface area contributed by atoms with E-state index >= 15 is 0 Å². The third-order valence-corrected chi connectivity index (χ3v) is 4.90. The lowest BCUT2D eigenvalue weighted by Crippen LogP contribution is -2.39. The number of aromatic hydroxyl groups is 1. The van der Waals surface area contributed by atoms with E-state index in [1.54, 1.807) is 13.0 Å². The van der Waals surface area contributed by atoms with E-state index in [1.165, 1.54) is 10.4 Å². The van der Waals surface area contributed by atoms with E-state index in [1.807, 2.05) is 0 Å². The smallest absolute Gasteiger partial charge is 0.301 e. The molecular weight excluding hydrogens is 288 g/mol. The Hall–Kier alpha value is -0.980. The molecule has 0 unspecified atom stereocenters. The van der Waals surface area contributed by atoms with E-state index < -0.39 is 10.2 Å². The summed E-state index contributed by atoms with van der Waals surface area (Å²) >= 11 is 5.88. The molecule has 1 aliphatic rings. The molecule has 1 saturated heterocycles. The van der Waals surface area contributed by atoms with E-state index in [0.29, 0.717) is 23.7 Å². The van der Waals surface area contributed by atoms with Crippen molar-refractivity contribution in [2.45, 2.75) is 26.2 Å². The molecule has 0 spiro atoms. The van der Waals surface area contributed by atoms with Gasteiger partial charge in [0.25, 0.3) is 0 Å². The van der Waals surface area contributed by atoms with Crippen LogP contribution in [0, 0.1) is 6.92 Å². The average Bonchev–Trinajstić information content (AvgIpc) is 2.36. The summed E-state index contributed by atoms with van der Waals surface area (Å²) in [6, 6.07) is 2.99. The van der Waals surface area contributed by atoms with E-state index in [4.69, 9.17) is 11.6 Å². The minimum absolute atomic E-state index is 0.0926. The maximum atomic E-state index is 12.2. The normalized spacial score (nSPS) is 17.4. The second-order valence-electron chi connectivity index (χ2n) is 4.69. The summed E-state index contributed by atoms with van der Waals surface area (Å²) in [7, 11) is -3.63. The second kappa shape index (κ2) is 5.56. The van der Waals surface area contributed by atoms with Gasteiger partial charge in [-0.3, -0.25) is 4.72 Å². The van der Waals surface area contributed by atoms with Crippen LogP contribution in [0.15, 0.2) is 12.1 Å². The summed E-state index contributed by atoms with van der Waals surface area (Å²) in [6.07, 6.45) is 2.77. The van der Waals surface area contributed by atoms with Gasteiger partial charge >= 0.3 is 10.2 Å². The summed E-state index contributed by atoms with van der Waals surface area (Å²) < 4.78 is 28.2. The van der Waals surface area contributed by atoms with Crippen LogP contribution in [0.3, 0.4) is 0 Å². The number of anilines is 1. The minimum atomic E-state index is -3.63. The number of halogens is 1. The highest BCUT2D eigenvalue weighted by atomic mass is 35.5. The van der Waals surface area contributed by atoms with E-state index in [2.05, 4.69) is 4.72 Å². The van der Waals surface area contributed by atoms with Crippen molar-refractivity contribution in [2.24, 2.45) is 0 Å². The molecule has 7 heteroatoms. The number of nitrogens with one attached hydrogen (secondary N) is 1. The van der Waals surface area contributed by atoms with Gasteiger partial charge in [-0.15, -0.1) is 0 Å². The molecule has 2 rings (SSSR count). The van der Waals surface area contributed by atoms with Crippen molar-refractivity contribution in [2.75, 3.05) is 17.8 Å². The fourth-order valence-electron chi connectivity index (χ4n) is 2.12. The number of benzene rings is 1. The Balaban J connectivity index is 2.25. The average molecular weight is 305 g/mol. The predicted octanol–water partition coefficient (Wildman–Crippen LogP) is 2.50. The first kappa shape index (κ1) is 14.4. The first-order valence-electron chi connectivity index (χ1n) is 6.17. The van der Waals surface area contributed by atoms with Gasteiger partial charge in [0.2, 0.25) is 0 Å². The minimum Gasteiger partial charge on any atom is -0.505 e. The molecule has 106 valence electrons. The maximum Gasteiger partial charge on any atom is 0.301 e. The van der Waals surface area contributed by atoms with Gasteiger partial charge in [-0.05, 0) is 37.5 Å². The molecule has 1 heterocycles. The van der Waals surface area contributed by atoms with Gasteiger partial charge in [-0.2, -0.15) is 12.7 Å². The van der Waals surface area contributed by atoms with Crippen molar-refractivity contribution >= 4 is 27.5 Å². The molecule has 1 aliphatic heterocycles. The van der Waals surface area contributed by atoms with Crippen LogP contribution in [0.1, 0.15) is 24.8 Å². The highest BCUT2D eigenvalue weighted by Crippen LogP contribution is 2.32. The van der Waals surface area contributed by atoms with Crippen LogP contribution < -0.4 is 4.72 Å². The largest absolute Gasteiger partial charge is 0.505 e. The van der Waals surface area contributed by atoms with E-state index in [-0.39, 0.29) is 11.4 Å². The number of hydrogen-bond acceptors (Lipinski definition) is 3. The van der Waals surface area contributed by atoms with Crippen LogP contribution in [0.5, 0.6) is 5.75 Å². The first-order valence-corrected chi connectivity index (χ1v) is 7.99. The van der Waals surface area contributed by atoms with Gasteiger partial charge in [0, 0.05) is 18.1 Å². The monoisotopic (exact) mass is 304 g/mol. The quantitative estimate of drug-likeness (QED) is 0.843. The Labute approximate surface area is 118 Å². The lowest BCUT2D eigenvalue weighted by atomic mass is 10.2. The molecule has 0 radical (unpaired) electrons. The zero-order chi connectivity index (χ0) is 14.0. The molecule has 1 aromatic carbocycles. The fourth-order valence-corrected chi connectivity index (χ4v) is 3.70. The van der Waals surface area contributed by atoms with Crippen LogP contribution in [-0.4, -0.2) is 30.9 Å². The Morgan fingerprint density at radius 1 is 1.26 bits per heavy atom. The molecule has 1 aromatic rings. The lowest BCUT2D eigenvalue weighted by molar-refractivity contribution is 0.349. The van der Waals surface area contributed by atoms with Crippen LogP contribution in [-0.2, 0) is 10.2 Å². The number of aryl methyl sites for hydroxylation is 1. The Kier molecular flexibility index (Phi) is 4.23. The molecule has 1 fully saturated rings. The zero-order valence-electron chi connectivity index (χ0n) is 10.7. The summed E-state index contributed by atoms with van der Waals surface area (Å²) in [5.41, 5.74) is 0.652. The molecule has 19 heavy (non-hydrogen) atoms. The summed E-state index contributed by atoms with van der Waals surface area (Å²) in [6.45, 7) is 2.69. The van der Waals surface area contributed by atoms with Gasteiger partial charge in [0.15, 0.2) is 0 Å². The lowest BCUT2D eigenvalue weighted by Gasteiger charge is -2.26. The van der Waals surface area contributed by atoms with Crippen molar-refractivity contribution < 1.29 is 13.5 Å². The molecule has 0 aliphatic carbocycles. The topological polar surface area (TPSA) is 69.6 Å². The van der Waals surface area contributed by atoms with Gasteiger partial charge < -0.3 is 5.11 Å².